The minimum Gasteiger partial charge on any atom is -0.399 e. The summed E-state index contributed by atoms with van der Waals surface area (Å²) in [5, 5.41) is 2.49. The molecule has 0 unspecified atom stereocenters. The standard InChI is InChI=1S/C14H12FN3O2/c15-12-7-9(16)4-5-11(12)14(20)18-10-3-1-2-8(6-10)13(17)19/h1-7H,16H2,(H2,17,19)(H,18,20). The van der Waals surface area contributed by atoms with E-state index >= 15 is 0 Å². The molecule has 102 valence electrons. The van der Waals surface area contributed by atoms with Gasteiger partial charge in [-0.2, -0.15) is 0 Å². The number of primary amides is 1. The fraction of sp³-hybridized carbons (Fsp3) is 0. The van der Waals surface area contributed by atoms with Crippen LogP contribution in [0.3, 0.4) is 0 Å². The van der Waals surface area contributed by atoms with Crippen molar-refractivity contribution in [3.63, 3.8) is 0 Å². The zero-order chi connectivity index (χ0) is 14.7. The largest absolute Gasteiger partial charge is 0.399 e. The van der Waals surface area contributed by atoms with E-state index in [-0.39, 0.29) is 16.8 Å². The first-order valence-electron chi connectivity index (χ1n) is 5.73. The second kappa shape index (κ2) is 5.40. The van der Waals surface area contributed by atoms with Gasteiger partial charge in [-0.1, -0.05) is 6.07 Å². The van der Waals surface area contributed by atoms with Gasteiger partial charge in [-0.05, 0) is 36.4 Å². The van der Waals surface area contributed by atoms with Crippen LogP contribution in [0.4, 0.5) is 15.8 Å². The number of halogens is 1. The molecule has 0 bridgehead atoms. The highest BCUT2D eigenvalue weighted by atomic mass is 19.1. The molecule has 0 radical (unpaired) electrons. The van der Waals surface area contributed by atoms with Crippen molar-refractivity contribution in [1.82, 2.24) is 0 Å². The number of nitrogens with one attached hydrogen (secondary N) is 1. The summed E-state index contributed by atoms with van der Waals surface area (Å²) in [5.41, 5.74) is 11.2. The fourth-order valence-corrected chi connectivity index (χ4v) is 1.66. The highest BCUT2D eigenvalue weighted by Crippen LogP contribution is 2.15. The number of amides is 2. The molecule has 0 atom stereocenters. The lowest BCUT2D eigenvalue weighted by atomic mass is 10.1. The van der Waals surface area contributed by atoms with Crippen molar-refractivity contribution < 1.29 is 14.0 Å². The van der Waals surface area contributed by atoms with E-state index in [4.69, 9.17) is 11.5 Å². The fourth-order valence-electron chi connectivity index (χ4n) is 1.66. The zero-order valence-corrected chi connectivity index (χ0v) is 10.4. The molecule has 0 saturated heterocycles. The Bertz CT molecular complexity index is 686. The van der Waals surface area contributed by atoms with Crippen molar-refractivity contribution in [2.24, 2.45) is 5.73 Å². The summed E-state index contributed by atoms with van der Waals surface area (Å²) in [6.45, 7) is 0. The number of nitrogen functional groups attached to an aromatic ring is 1. The topological polar surface area (TPSA) is 98.2 Å². The van der Waals surface area contributed by atoms with E-state index in [0.29, 0.717) is 5.69 Å². The Morgan fingerprint density at radius 1 is 1.10 bits per heavy atom. The maximum atomic E-state index is 13.6. The van der Waals surface area contributed by atoms with E-state index in [0.717, 1.165) is 6.07 Å². The van der Waals surface area contributed by atoms with E-state index in [1.807, 2.05) is 0 Å². The lowest BCUT2D eigenvalue weighted by Gasteiger charge is -2.07. The van der Waals surface area contributed by atoms with Crippen LogP contribution in [-0.2, 0) is 0 Å². The van der Waals surface area contributed by atoms with Crippen molar-refractivity contribution in [3.8, 4) is 0 Å². The van der Waals surface area contributed by atoms with Crippen molar-refractivity contribution in [3.05, 3.63) is 59.4 Å². The lowest BCUT2D eigenvalue weighted by molar-refractivity contribution is 0.0995. The number of rotatable bonds is 3. The van der Waals surface area contributed by atoms with Crippen molar-refractivity contribution in [2.75, 3.05) is 11.1 Å². The first-order chi connectivity index (χ1) is 9.47. The second-order valence-corrected chi connectivity index (χ2v) is 4.14. The molecule has 0 spiro atoms. The molecule has 2 aromatic rings. The van der Waals surface area contributed by atoms with Crippen LogP contribution >= 0.6 is 0 Å². The van der Waals surface area contributed by atoms with Crippen LogP contribution in [0.25, 0.3) is 0 Å². The van der Waals surface area contributed by atoms with Crippen LogP contribution in [0.5, 0.6) is 0 Å². The van der Waals surface area contributed by atoms with Gasteiger partial charge < -0.3 is 16.8 Å². The molecule has 5 N–H and O–H groups in total. The first kappa shape index (κ1) is 13.5. The molecule has 0 heterocycles. The van der Waals surface area contributed by atoms with Gasteiger partial charge in [0.05, 0.1) is 5.56 Å². The summed E-state index contributed by atoms with van der Waals surface area (Å²) >= 11 is 0. The number of hydrogen-bond donors (Lipinski definition) is 3. The normalized spacial score (nSPS) is 10.1. The molecule has 0 fully saturated rings. The third-order valence-corrected chi connectivity index (χ3v) is 2.64. The Labute approximate surface area is 114 Å². The van der Waals surface area contributed by atoms with Crippen molar-refractivity contribution in [2.45, 2.75) is 0 Å². The van der Waals surface area contributed by atoms with Crippen molar-refractivity contribution >= 4 is 23.2 Å². The summed E-state index contributed by atoms with van der Waals surface area (Å²) in [7, 11) is 0. The van der Waals surface area contributed by atoms with Crippen LogP contribution in [-0.4, -0.2) is 11.8 Å². The average Bonchev–Trinajstić information content (AvgIpc) is 2.38. The maximum Gasteiger partial charge on any atom is 0.258 e. The molecule has 0 aliphatic rings. The van der Waals surface area contributed by atoms with E-state index in [1.54, 1.807) is 12.1 Å². The van der Waals surface area contributed by atoms with E-state index < -0.39 is 17.6 Å². The maximum absolute atomic E-state index is 13.6. The first-order valence-corrected chi connectivity index (χ1v) is 5.73. The minimum atomic E-state index is -0.714. The van der Waals surface area contributed by atoms with Crippen LogP contribution in [0.15, 0.2) is 42.5 Å². The Hall–Kier alpha value is -2.89. The quantitative estimate of drug-likeness (QED) is 0.743. The third-order valence-electron chi connectivity index (χ3n) is 2.64. The predicted molar refractivity (Wildman–Crippen MR) is 73.7 cm³/mol. The Morgan fingerprint density at radius 3 is 2.50 bits per heavy atom. The summed E-state index contributed by atoms with van der Waals surface area (Å²) in [4.78, 5) is 23.0. The summed E-state index contributed by atoms with van der Waals surface area (Å²) in [6.07, 6.45) is 0. The monoisotopic (exact) mass is 273 g/mol. The van der Waals surface area contributed by atoms with Crippen LogP contribution in [0.1, 0.15) is 20.7 Å². The number of carbonyl (C=O) groups excluding carboxylic acids is 2. The number of anilines is 2. The van der Waals surface area contributed by atoms with Gasteiger partial charge in [0.25, 0.3) is 5.91 Å². The molecular formula is C14H12FN3O2. The number of carbonyl (C=O) groups is 2. The van der Waals surface area contributed by atoms with Gasteiger partial charge in [0.2, 0.25) is 5.91 Å². The number of nitrogens with two attached hydrogens (primary N) is 2. The SMILES string of the molecule is NC(=O)c1cccc(NC(=O)c2ccc(N)cc2F)c1. The second-order valence-electron chi connectivity index (χ2n) is 4.14. The highest BCUT2D eigenvalue weighted by molar-refractivity contribution is 6.05. The molecule has 2 rings (SSSR count). The zero-order valence-electron chi connectivity index (χ0n) is 10.4. The molecule has 0 aliphatic heterocycles. The van der Waals surface area contributed by atoms with Crippen LogP contribution in [0.2, 0.25) is 0 Å². The van der Waals surface area contributed by atoms with E-state index in [9.17, 15) is 14.0 Å². The highest BCUT2D eigenvalue weighted by Gasteiger charge is 2.12. The van der Waals surface area contributed by atoms with Crippen LogP contribution in [0, 0.1) is 5.82 Å². The molecule has 0 aromatic heterocycles. The average molecular weight is 273 g/mol. The van der Waals surface area contributed by atoms with Gasteiger partial charge in [0, 0.05) is 16.9 Å². The Kier molecular flexibility index (Phi) is 3.65. The smallest absolute Gasteiger partial charge is 0.258 e. The van der Waals surface area contributed by atoms with Crippen molar-refractivity contribution in [1.29, 1.82) is 0 Å². The van der Waals surface area contributed by atoms with Gasteiger partial charge in [-0.15, -0.1) is 0 Å². The van der Waals surface area contributed by atoms with E-state index in [1.165, 1.54) is 24.3 Å². The van der Waals surface area contributed by atoms with Gasteiger partial charge >= 0.3 is 0 Å². The van der Waals surface area contributed by atoms with E-state index in [2.05, 4.69) is 5.32 Å². The molecule has 2 amide bonds. The van der Waals surface area contributed by atoms with Gasteiger partial charge in [0.1, 0.15) is 5.82 Å². The van der Waals surface area contributed by atoms with Gasteiger partial charge in [-0.25, -0.2) is 4.39 Å². The molecule has 20 heavy (non-hydrogen) atoms. The summed E-state index contributed by atoms with van der Waals surface area (Å²) in [5.74, 6) is -1.96. The summed E-state index contributed by atoms with van der Waals surface area (Å²) in [6, 6.07) is 9.84. The van der Waals surface area contributed by atoms with Gasteiger partial charge in [-0.3, -0.25) is 9.59 Å². The Balaban J connectivity index is 2.23. The van der Waals surface area contributed by atoms with Crippen LogP contribution < -0.4 is 16.8 Å². The minimum absolute atomic E-state index is 0.135. The predicted octanol–water partition coefficient (Wildman–Crippen LogP) is 1.76. The third kappa shape index (κ3) is 2.92. The number of hydrogen-bond acceptors (Lipinski definition) is 3. The summed E-state index contributed by atoms with van der Waals surface area (Å²) < 4.78 is 13.6. The van der Waals surface area contributed by atoms with Gasteiger partial charge in [0.15, 0.2) is 0 Å². The number of benzene rings is 2. The molecule has 0 saturated carbocycles. The Morgan fingerprint density at radius 2 is 1.85 bits per heavy atom. The molecule has 6 heteroatoms. The molecule has 0 aliphatic carbocycles. The molecule has 5 nitrogen and oxygen atoms in total. The molecular weight excluding hydrogens is 261 g/mol. The molecule has 2 aromatic carbocycles. The lowest BCUT2D eigenvalue weighted by Crippen LogP contribution is -2.15.